The summed E-state index contributed by atoms with van der Waals surface area (Å²) in [6, 6.07) is 3.46. The second kappa shape index (κ2) is 8.04. The number of thioether (sulfide) groups is 1. The van der Waals surface area contributed by atoms with Gasteiger partial charge in [0.1, 0.15) is 0 Å². The van der Waals surface area contributed by atoms with E-state index in [1.54, 1.807) is 0 Å². The first-order valence-electron chi connectivity index (χ1n) is 8.63. The Balaban J connectivity index is 2.46. The molecule has 0 saturated carbocycles. The molecule has 0 aliphatic carbocycles. The van der Waals surface area contributed by atoms with Crippen LogP contribution < -0.4 is 0 Å². The summed E-state index contributed by atoms with van der Waals surface area (Å²) >= 11 is 1.02. The molecule has 1 aliphatic heterocycles. The molecule has 1 saturated heterocycles. The van der Waals surface area contributed by atoms with Crippen molar-refractivity contribution in [3.05, 3.63) is 40.4 Å². The number of rotatable bonds is 5. The molecular weight excluding hydrogens is 392 g/mol. The Morgan fingerprint density at radius 2 is 1.75 bits per heavy atom. The number of carbonyl (C=O) groups is 2. The highest BCUT2D eigenvalue weighted by Crippen LogP contribution is 2.40. The molecule has 0 unspecified atom stereocenters. The lowest BCUT2D eigenvalue weighted by atomic mass is 9.78. The summed E-state index contributed by atoms with van der Waals surface area (Å²) in [5.41, 5.74) is -1.92. The summed E-state index contributed by atoms with van der Waals surface area (Å²) in [5, 5.41) is -0.130. The van der Waals surface area contributed by atoms with Gasteiger partial charge in [-0.1, -0.05) is 30.0 Å². The van der Waals surface area contributed by atoms with Crippen LogP contribution in [0.4, 0.5) is 13.2 Å². The summed E-state index contributed by atoms with van der Waals surface area (Å²) in [6.07, 6.45) is -2.96. The van der Waals surface area contributed by atoms with E-state index in [0.29, 0.717) is 5.47 Å². The molecule has 0 aromatic heterocycles. The van der Waals surface area contributed by atoms with Gasteiger partial charge in [0.05, 0.1) is 16.8 Å². The van der Waals surface area contributed by atoms with E-state index in [-0.39, 0.29) is 22.7 Å². The second-order valence-electron chi connectivity index (χ2n) is 7.55. The summed E-state index contributed by atoms with van der Waals surface area (Å²) in [6.45, 7) is 8.87. The zero-order valence-electron chi connectivity index (χ0n) is 16.3. The van der Waals surface area contributed by atoms with E-state index in [1.807, 2.05) is 27.7 Å². The highest BCUT2D eigenvalue weighted by atomic mass is 32.2. The number of carbonyl (C=O) groups excluding carboxylic acids is 2. The average Bonchev–Trinajstić information content (AvgIpc) is 2.78. The van der Waals surface area contributed by atoms with Gasteiger partial charge in [-0.2, -0.15) is 13.2 Å². The van der Waals surface area contributed by atoms with Crippen LogP contribution in [-0.2, 0) is 20.3 Å². The molecule has 0 amide bonds. The molecule has 0 radical (unpaired) electrons. The minimum atomic E-state index is -4.65. The number of aldehydes is 1. The highest BCUT2D eigenvalue weighted by molar-refractivity contribution is 8.13. The lowest BCUT2D eigenvalue weighted by Gasteiger charge is -2.32. The molecule has 1 aliphatic rings. The van der Waals surface area contributed by atoms with Crippen LogP contribution in [0, 0.1) is 0 Å². The Hall–Kier alpha value is -1.58. The number of hydrogen-bond acceptors (Lipinski definition) is 5. The molecule has 152 valence electrons. The van der Waals surface area contributed by atoms with E-state index in [0.717, 1.165) is 23.9 Å². The van der Waals surface area contributed by atoms with Crippen LogP contribution in [0.2, 0.25) is 0 Å². The first-order chi connectivity index (χ1) is 12.8. The first kappa shape index (κ1) is 22.7. The van der Waals surface area contributed by atoms with Crippen LogP contribution in [0.15, 0.2) is 23.7 Å². The number of hydrogen-bond donors (Lipinski definition) is 0. The third-order valence-electron chi connectivity index (χ3n) is 4.86. The van der Waals surface area contributed by atoms with Crippen LogP contribution in [0.5, 0.6) is 0 Å². The van der Waals surface area contributed by atoms with Gasteiger partial charge in [-0.05, 0) is 44.8 Å². The zero-order valence-corrected chi connectivity index (χ0v) is 17.2. The SMILES string of the molecule is CC(=O)SCC(=Cc1ccc(C=O)c(C(F)(F)F)c1)B1OC(C)(C)C(C)(C)O1. The lowest BCUT2D eigenvalue weighted by molar-refractivity contribution is -0.137. The largest absolute Gasteiger partial charge is 0.491 e. The van der Waals surface area contributed by atoms with E-state index in [4.69, 9.17) is 9.31 Å². The van der Waals surface area contributed by atoms with E-state index >= 15 is 0 Å². The van der Waals surface area contributed by atoms with Crippen molar-refractivity contribution in [1.82, 2.24) is 0 Å². The van der Waals surface area contributed by atoms with E-state index in [2.05, 4.69) is 0 Å². The molecule has 1 fully saturated rings. The smallest absolute Gasteiger partial charge is 0.400 e. The molecule has 1 aromatic rings. The Labute approximate surface area is 167 Å². The van der Waals surface area contributed by atoms with Crippen molar-refractivity contribution in [2.75, 3.05) is 5.75 Å². The fraction of sp³-hybridized carbons (Fsp3) is 0.474. The predicted molar refractivity (Wildman–Crippen MR) is 104 cm³/mol. The van der Waals surface area contributed by atoms with Crippen molar-refractivity contribution >= 4 is 36.4 Å². The number of alkyl halides is 3. The molecule has 2 rings (SSSR count). The van der Waals surface area contributed by atoms with Crippen molar-refractivity contribution in [3.63, 3.8) is 0 Å². The van der Waals surface area contributed by atoms with Crippen LogP contribution in [0.25, 0.3) is 6.08 Å². The summed E-state index contributed by atoms with van der Waals surface area (Å²) in [5.74, 6) is 0.211. The van der Waals surface area contributed by atoms with Crippen molar-refractivity contribution in [2.24, 2.45) is 0 Å². The lowest BCUT2D eigenvalue weighted by Crippen LogP contribution is -2.41. The Morgan fingerprint density at radius 1 is 1.18 bits per heavy atom. The minimum absolute atomic E-state index is 0.130. The normalized spacial score (nSPS) is 19.0. The van der Waals surface area contributed by atoms with E-state index < -0.39 is 35.6 Å². The third-order valence-corrected chi connectivity index (χ3v) is 5.74. The van der Waals surface area contributed by atoms with Gasteiger partial charge < -0.3 is 9.31 Å². The van der Waals surface area contributed by atoms with Crippen molar-refractivity contribution < 1.29 is 32.1 Å². The zero-order chi connectivity index (χ0) is 21.3. The fourth-order valence-corrected chi connectivity index (χ4v) is 3.17. The van der Waals surface area contributed by atoms with E-state index in [9.17, 15) is 22.8 Å². The average molecular weight is 414 g/mol. The molecule has 0 bridgehead atoms. The molecule has 0 spiro atoms. The molecular formula is C19H22BF3O4S. The second-order valence-corrected chi connectivity index (χ2v) is 8.70. The summed E-state index contributed by atoms with van der Waals surface area (Å²) in [7, 11) is -0.795. The maximum Gasteiger partial charge on any atom is 0.491 e. The van der Waals surface area contributed by atoms with Crippen LogP contribution in [-0.4, -0.2) is 35.5 Å². The van der Waals surface area contributed by atoms with Crippen molar-refractivity contribution in [2.45, 2.75) is 52.0 Å². The number of halogens is 3. The molecule has 1 aromatic carbocycles. The Bertz CT molecular complexity index is 787. The van der Waals surface area contributed by atoms with Crippen LogP contribution in [0.1, 0.15) is 56.1 Å². The van der Waals surface area contributed by atoms with Crippen LogP contribution >= 0.6 is 11.8 Å². The van der Waals surface area contributed by atoms with Crippen LogP contribution in [0.3, 0.4) is 0 Å². The Morgan fingerprint density at radius 3 is 2.21 bits per heavy atom. The topological polar surface area (TPSA) is 52.6 Å². The van der Waals surface area contributed by atoms with Gasteiger partial charge in [0.25, 0.3) is 0 Å². The van der Waals surface area contributed by atoms with Gasteiger partial charge in [-0.3, -0.25) is 9.59 Å². The van der Waals surface area contributed by atoms with Gasteiger partial charge in [-0.15, -0.1) is 0 Å². The minimum Gasteiger partial charge on any atom is -0.400 e. The monoisotopic (exact) mass is 414 g/mol. The van der Waals surface area contributed by atoms with Crippen molar-refractivity contribution in [1.29, 1.82) is 0 Å². The summed E-state index contributed by atoms with van der Waals surface area (Å²) < 4.78 is 51.7. The molecule has 4 nitrogen and oxygen atoms in total. The number of benzene rings is 1. The Kier molecular flexibility index (Phi) is 6.52. The third kappa shape index (κ3) is 5.07. The van der Waals surface area contributed by atoms with Gasteiger partial charge in [0, 0.05) is 18.2 Å². The molecule has 0 atom stereocenters. The van der Waals surface area contributed by atoms with Gasteiger partial charge in [0.2, 0.25) is 0 Å². The molecule has 1 heterocycles. The van der Waals surface area contributed by atoms with Crippen molar-refractivity contribution in [3.8, 4) is 0 Å². The maximum atomic E-state index is 13.2. The predicted octanol–water partition coefficient (Wildman–Crippen LogP) is 4.81. The summed E-state index contributed by atoms with van der Waals surface area (Å²) in [4.78, 5) is 22.3. The quantitative estimate of drug-likeness (QED) is 0.511. The first-order valence-corrected chi connectivity index (χ1v) is 9.61. The molecule has 28 heavy (non-hydrogen) atoms. The van der Waals surface area contributed by atoms with Gasteiger partial charge in [0.15, 0.2) is 11.4 Å². The molecule has 9 heteroatoms. The van der Waals surface area contributed by atoms with E-state index in [1.165, 1.54) is 19.1 Å². The fourth-order valence-electron chi connectivity index (χ4n) is 2.58. The maximum absolute atomic E-state index is 13.2. The van der Waals surface area contributed by atoms with Gasteiger partial charge in [-0.25, -0.2) is 0 Å². The standard InChI is InChI=1S/C19H22BF3O4S/c1-12(25)28-11-15(20-26-17(2,3)18(4,5)27-20)8-13-6-7-14(10-24)16(9-13)19(21,22)23/h6-10H,11H2,1-5H3. The van der Waals surface area contributed by atoms with Gasteiger partial charge >= 0.3 is 13.3 Å². The highest BCUT2D eigenvalue weighted by Gasteiger charge is 2.52. The molecule has 0 N–H and O–H groups in total.